The number of aromatic amines is 1. The molecular formula is C23H25F4N7O4. The van der Waals surface area contributed by atoms with E-state index in [2.05, 4.69) is 35.5 Å². The molecule has 6 rings (SSSR count). The molecule has 3 aromatic heterocycles. The Hall–Kier alpha value is -3.46. The maximum absolute atomic E-state index is 15.1. The van der Waals surface area contributed by atoms with E-state index >= 15 is 4.39 Å². The smallest absolute Gasteiger partial charge is 0.441 e. The molecule has 3 fully saturated rings. The molecule has 0 spiro atoms. The first kappa shape index (κ1) is 24.9. The maximum Gasteiger partial charge on any atom is 0.522 e. The van der Waals surface area contributed by atoms with E-state index in [0.29, 0.717) is 11.3 Å². The Bertz CT molecular complexity index is 1350. The molecule has 0 aromatic carbocycles. The average molecular weight is 539 g/mol. The first-order valence-electron chi connectivity index (χ1n) is 12.2. The summed E-state index contributed by atoms with van der Waals surface area (Å²) < 4.78 is 68.8. The lowest BCUT2D eigenvalue weighted by Crippen LogP contribution is -2.39. The third kappa shape index (κ3) is 5.38. The van der Waals surface area contributed by atoms with Gasteiger partial charge >= 0.3 is 12.5 Å². The molecule has 38 heavy (non-hydrogen) atoms. The molecular weight excluding hydrogens is 514 g/mol. The molecule has 11 nitrogen and oxygen atoms in total. The predicted octanol–water partition coefficient (Wildman–Crippen LogP) is 4.17. The fourth-order valence-electron chi connectivity index (χ4n) is 4.28. The molecule has 15 heteroatoms. The van der Waals surface area contributed by atoms with Crippen LogP contribution in [0.25, 0.3) is 5.65 Å². The number of carbonyl (C=O) groups is 1. The van der Waals surface area contributed by atoms with Gasteiger partial charge in [-0.3, -0.25) is 14.2 Å². The molecule has 0 unspecified atom stereocenters. The monoisotopic (exact) mass is 539 g/mol. The summed E-state index contributed by atoms with van der Waals surface area (Å²) in [7, 11) is 0. The number of ether oxygens (including phenoxy) is 3. The van der Waals surface area contributed by atoms with Gasteiger partial charge in [0.15, 0.2) is 18.1 Å². The van der Waals surface area contributed by atoms with E-state index in [9.17, 15) is 18.0 Å². The molecule has 1 aliphatic heterocycles. The highest BCUT2D eigenvalue weighted by Gasteiger charge is 2.44. The minimum atomic E-state index is -4.78. The van der Waals surface area contributed by atoms with Gasteiger partial charge in [0.2, 0.25) is 5.95 Å². The molecule has 0 bridgehead atoms. The van der Waals surface area contributed by atoms with Crippen LogP contribution in [0.5, 0.6) is 0 Å². The number of carbonyl (C=O) groups excluding carboxylic acids is 1. The van der Waals surface area contributed by atoms with Crippen LogP contribution in [-0.4, -0.2) is 61.4 Å². The first-order chi connectivity index (χ1) is 18.1. The van der Waals surface area contributed by atoms with Crippen molar-refractivity contribution >= 4 is 23.5 Å². The summed E-state index contributed by atoms with van der Waals surface area (Å²) >= 11 is 0. The Kier molecular flexibility index (Phi) is 5.94. The van der Waals surface area contributed by atoms with Crippen LogP contribution in [0.1, 0.15) is 61.7 Å². The van der Waals surface area contributed by atoms with Crippen LogP contribution in [0.4, 0.5) is 34.1 Å². The van der Waals surface area contributed by atoms with Crippen LogP contribution in [-0.2, 0) is 20.8 Å². The number of fused-ring (bicyclic) bond motifs is 1. The Labute approximate surface area is 213 Å². The summed E-state index contributed by atoms with van der Waals surface area (Å²) in [5, 5.41) is 12.6. The van der Waals surface area contributed by atoms with Crippen molar-refractivity contribution in [3.05, 3.63) is 35.4 Å². The second kappa shape index (κ2) is 9.08. The average Bonchev–Trinajstić information content (AvgIpc) is 3.68. The van der Waals surface area contributed by atoms with Gasteiger partial charge in [0.05, 0.1) is 30.3 Å². The van der Waals surface area contributed by atoms with Crippen LogP contribution in [0.15, 0.2) is 18.3 Å². The molecule has 1 saturated heterocycles. The highest BCUT2D eigenvalue weighted by molar-refractivity contribution is 5.69. The van der Waals surface area contributed by atoms with Crippen molar-refractivity contribution in [1.82, 2.24) is 29.9 Å². The van der Waals surface area contributed by atoms with Gasteiger partial charge in [-0.1, -0.05) is 0 Å². The normalized spacial score (nSPS) is 24.5. The van der Waals surface area contributed by atoms with E-state index in [4.69, 9.17) is 9.47 Å². The van der Waals surface area contributed by atoms with Gasteiger partial charge in [-0.05, 0) is 32.6 Å². The van der Waals surface area contributed by atoms with Crippen LogP contribution in [0, 0.1) is 0 Å². The SMILES string of the molecule is CC1(NC(=O)O[C@@H]2CO[C@H](c3cc(Nc4nc(C5CC5)cc5nc(COC(F)(F)F)cn45)n[nH]3)[C@@H]2F)CC1. The summed E-state index contributed by atoms with van der Waals surface area (Å²) in [6.45, 7) is 1.03. The number of anilines is 2. The van der Waals surface area contributed by atoms with Crippen molar-refractivity contribution in [3.63, 3.8) is 0 Å². The fourth-order valence-corrected chi connectivity index (χ4v) is 4.28. The van der Waals surface area contributed by atoms with E-state index in [-0.39, 0.29) is 35.5 Å². The van der Waals surface area contributed by atoms with Crippen LogP contribution in [0.2, 0.25) is 0 Å². The van der Waals surface area contributed by atoms with Crippen molar-refractivity contribution in [2.45, 2.75) is 75.4 Å². The van der Waals surface area contributed by atoms with E-state index in [1.807, 2.05) is 6.92 Å². The standard InChI is InChI=1S/C23H25F4N7O4/c1-22(4-5-22)31-21(35)38-15-10-36-19(18(15)24)14-6-16(33-32-14)30-20-29-13(11-2-3-11)7-17-28-12(8-34(17)20)9-37-23(25,26)27/h6-8,11,15,18-19H,2-5,9-10H2,1H3,(H,31,35)(H2,29,30,32,33)/t15-,18-,19-/m1/s1. The minimum absolute atomic E-state index is 0.0771. The molecule has 0 radical (unpaired) electrons. The number of H-pyrrole nitrogens is 1. The zero-order chi connectivity index (χ0) is 26.7. The summed E-state index contributed by atoms with van der Waals surface area (Å²) in [4.78, 5) is 20.9. The lowest BCUT2D eigenvalue weighted by molar-refractivity contribution is -0.330. The first-order valence-corrected chi connectivity index (χ1v) is 12.2. The molecule has 1 amide bonds. The Morgan fingerprint density at radius 3 is 2.79 bits per heavy atom. The molecule has 2 saturated carbocycles. The molecule has 2 aliphatic carbocycles. The lowest BCUT2D eigenvalue weighted by atomic mass is 10.1. The highest BCUT2D eigenvalue weighted by atomic mass is 19.4. The highest BCUT2D eigenvalue weighted by Crippen LogP contribution is 2.40. The Morgan fingerprint density at radius 2 is 2.08 bits per heavy atom. The lowest BCUT2D eigenvalue weighted by Gasteiger charge is -2.17. The summed E-state index contributed by atoms with van der Waals surface area (Å²) in [5.41, 5.74) is 1.27. The third-order valence-electron chi connectivity index (χ3n) is 6.79. The molecule has 3 N–H and O–H groups in total. The maximum atomic E-state index is 15.1. The second-order valence-corrected chi connectivity index (χ2v) is 10.1. The van der Waals surface area contributed by atoms with E-state index in [1.165, 1.54) is 16.7 Å². The largest absolute Gasteiger partial charge is 0.522 e. The Balaban J connectivity index is 1.16. The molecule has 3 aromatic rings. The van der Waals surface area contributed by atoms with Gasteiger partial charge in [0.1, 0.15) is 11.8 Å². The summed E-state index contributed by atoms with van der Waals surface area (Å²) in [5.74, 6) is 0.810. The van der Waals surface area contributed by atoms with Gasteiger partial charge in [-0.2, -0.15) is 5.10 Å². The number of hydrogen-bond donors (Lipinski definition) is 3. The number of amides is 1. The van der Waals surface area contributed by atoms with Crippen molar-refractivity contribution in [1.29, 1.82) is 0 Å². The van der Waals surface area contributed by atoms with E-state index in [1.54, 1.807) is 6.07 Å². The van der Waals surface area contributed by atoms with Gasteiger partial charge in [-0.15, -0.1) is 13.2 Å². The van der Waals surface area contributed by atoms with Gasteiger partial charge in [-0.25, -0.2) is 19.2 Å². The Morgan fingerprint density at radius 1 is 1.29 bits per heavy atom. The zero-order valence-electron chi connectivity index (χ0n) is 20.2. The number of alkyl halides is 4. The van der Waals surface area contributed by atoms with Crippen LogP contribution < -0.4 is 10.6 Å². The van der Waals surface area contributed by atoms with Crippen LogP contribution in [0.3, 0.4) is 0 Å². The quantitative estimate of drug-likeness (QED) is 0.364. The van der Waals surface area contributed by atoms with Crippen molar-refractivity contribution in [2.75, 3.05) is 11.9 Å². The second-order valence-electron chi connectivity index (χ2n) is 10.1. The molecule has 204 valence electrons. The summed E-state index contributed by atoms with van der Waals surface area (Å²) in [6.07, 6.45) is -4.17. The zero-order valence-corrected chi connectivity index (χ0v) is 20.2. The number of rotatable bonds is 8. The summed E-state index contributed by atoms with van der Waals surface area (Å²) in [6, 6.07) is 3.27. The van der Waals surface area contributed by atoms with Gasteiger partial charge in [0.25, 0.3) is 0 Å². The predicted molar refractivity (Wildman–Crippen MR) is 122 cm³/mol. The van der Waals surface area contributed by atoms with Crippen LogP contribution >= 0.6 is 0 Å². The van der Waals surface area contributed by atoms with Crippen molar-refractivity contribution in [2.24, 2.45) is 0 Å². The minimum Gasteiger partial charge on any atom is -0.441 e. The number of hydrogen-bond acceptors (Lipinski definition) is 8. The number of nitrogens with one attached hydrogen (secondary N) is 3. The number of nitrogens with zero attached hydrogens (tertiary/aromatic N) is 4. The number of halogens is 4. The fraction of sp³-hybridized carbons (Fsp3) is 0.565. The number of alkyl carbamates (subject to hydrolysis) is 1. The third-order valence-corrected chi connectivity index (χ3v) is 6.79. The molecule has 3 atom stereocenters. The van der Waals surface area contributed by atoms with Crippen molar-refractivity contribution in [3.8, 4) is 0 Å². The van der Waals surface area contributed by atoms with E-state index in [0.717, 1.165) is 31.4 Å². The molecule has 4 heterocycles. The van der Waals surface area contributed by atoms with Gasteiger partial charge < -0.3 is 20.1 Å². The molecule has 3 aliphatic rings. The van der Waals surface area contributed by atoms with Crippen molar-refractivity contribution < 1.29 is 36.6 Å². The van der Waals surface area contributed by atoms with Gasteiger partial charge in [0, 0.05) is 29.8 Å². The number of imidazole rings is 1. The van der Waals surface area contributed by atoms with E-state index < -0.39 is 37.4 Å². The topological polar surface area (TPSA) is 128 Å². The number of aromatic nitrogens is 5.